The second-order valence-corrected chi connectivity index (χ2v) is 4.57. The molecular weight excluding hydrogens is 290 g/mol. The number of benzene rings is 2. The van der Waals surface area contributed by atoms with Gasteiger partial charge in [0, 0.05) is 11.1 Å². The summed E-state index contributed by atoms with van der Waals surface area (Å²) < 4.78 is 18.1. The highest BCUT2D eigenvalue weighted by Crippen LogP contribution is 2.35. The summed E-state index contributed by atoms with van der Waals surface area (Å²) in [5.74, 6) is -1.04. The van der Waals surface area contributed by atoms with Gasteiger partial charge in [-0.2, -0.15) is 0 Å². The van der Waals surface area contributed by atoms with Crippen LogP contribution in [-0.4, -0.2) is 13.1 Å². The Bertz CT molecular complexity index is 641. The maximum atomic E-state index is 13.4. The van der Waals surface area contributed by atoms with Crippen molar-refractivity contribution < 1.29 is 13.9 Å². The molecule has 0 N–H and O–H groups in total. The van der Waals surface area contributed by atoms with Crippen molar-refractivity contribution in [2.75, 3.05) is 7.11 Å². The summed E-state index contributed by atoms with van der Waals surface area (Å²) in [4.78, 5) is 11.7. The molecule has 0 saturated heterocycles. The first-order valence-corrected chi connectivity index (χ1v) is 6.12. The average Bonchev–Trinajstić information content (AvgIpc) is 2.41. The van der Waals surface area contributed by atoms with Crippen molar-refractivity contribution in [2.45, 2.75) is 0 Å². The van der Waals surface area contributed by atoms with Crippen LogP contribution >= 0.6 is 23.2 Å². The summed E-state index contributed by atoms with van der Waals surface area (Å²) in [6.07, 6.45) is 0. The fourth-order valence-corrected chi connectivity index (χ4v) is 2.14. The number of halogens is 3. The highest BCUT2D eigenvalue weighted by Gasteiger charge is 2.17. The van der Waals surface area contributed by atoms with Gasteiger partial charge in [-0.15, -0.1) is 0 Å². The molecule has 0 fully saturated rings. The minimum absolute atomic E-state index is 0.230. The van der Waals surface area contributed by atoms with Crippen LogP contribution in [0.2, 0.25) is 10.0 Å². The normalized spacial score (nSPS) is 10.3. The highest BCUT2D eigenvalue weighted by atomic mass is 35.5. The van der Waals surface area contributed by atoms with Crippen molar-refractivity contribution in [3.05, 3.63) is 57.8 Å². The molecule has 0 radical (unpaired) electrons. The monoisotopic (exact) mass is 298 g/mol. The number of carbonyl (C=O) groups is 1. The van der Waals surface area contributed by atoms with Crippen LogP contribution in [-0.2, 0) is 4.74 Å². The molecule has 0 saturated carbocycles. The lowest BCUT2D eigenvalue weighted by Gasteiger charge is -2.10. The molecule has 0 atom stereocenters. The van der Waals surface area contributed by atoms with E-state index in [0.717, 1.165) is 0 Å². The average molecular weight is 299 g/mol. The zero-order chi connectivity index (χ0) is 14.0. The Morgan fingerprint density at radius 1 is 1.16 bits per heavy atom. The maximum Gasteiger partial charge on any atom is 0.338 e. The van der Waals surface area contributed by atoms with E-state index in [0.29, 0.717) is 16.1 Å². The van der Waals surface area contributed by atoms with E-state index in [1.54, 1.807) is 18.2 Å². The fraction of sp³-hybridized carbons (Fsp3) is 0.0714. The summed E-state index contributed by atoms with van der Waals surface area (Å²) in [5, 5.41) is 0.596. The molecule has 2 rings (SSSR count). The number of ether oxygens (including phenoxy) is 1. The van der Waals surface area contributed by atoms with Gasteiger partial charge in [0.2, 0.25) is 0 Å². The molecule has 19 heavy (non-hydrogen) atoms. The van der Waals surface area contributed by atoms with Gasteiger partial charge in [0.05, 0.1) is 22.7 Å². The van der Waals surface area contributed by atoms with E-state index in [4.69, 9.17) is 23.2 Å². The molecule has 5 heteroatoms. The van der Waals surface area contributed by atoms with Gasteiger partial charge in [0.1, 0.15) is 5.82 Å². The lowest BCUT2D eigenvalue weighted by molar-refractivity contribution is 0.0601. The van der Waals surface area contributed by atoms with Crippen LogP contribution in [0.3, 0.4) is 0 Å². The van der Waals surface area contributed by atoms with Gasteiger partial charge in [-0.05, 0) is 24.3 Å². The summed E-state index contributed by atoms with van der Waals surface area (Å²) in [7, 11) is 1.26. The van der Waals surface area contributed by atoms with E-state index in [-0.39, 0.29) is 10.6 Å². The smallest absolute Gasteiger partial charge is 0.338 e. The number of esters is 1. The van der Waals surface area contributed by atoms with E-state index in [1.165, 1.54) is 25.3 Å². The Labute approximate surface area is 119 Å². The van der Waals surface area contributed by atoms with E-state index < -0.39 is 11.8 Å². The minimum atomic E-state index is -0.564. The summed E-state index contributed by atoms with van der Waals surface area (Å²) in [6.45, 7) is 0. The largest absolute Gasteiger partial charge is 0.465 e. The number of methoxy groups -OCH3 is 1. The second kappa shape index (κ2) is 5.59. The van der Waals surface area contributed by atoms with Crippen molar-refractivity contribution >= 4 is 29.2 Å². The molecule has 0 aliphatic heterocycles. The van der Waals surface area contributed by atoms with Crippen molar-refractivity contribution in [3.8, 4) is 11.1 Å². The summed E-state index contributed by atoms with van der Waals surface area (Å²) in [6, 6.07) is 8.72. The Morgan fingerprint density at radius 2 is 1.89 bits per heavy atom. The molecule has 98 valence electrons. The zero-order valence-corrected chi connectivity index (χ0v) is 11.4. The lowest BCUT2D eigenvalue weighted by atomic mass is 9.99. The van der Waals surface area contributed by atoms with Gasteiger partial charge in [-0.3, -0.25) is 0 Å². The predicted molar refractivity (Wildman–Crippen MR) is 73.2 cm³/mol. The van der Waals surface area contributed by atoms with Crippen LogP contribution in [0.25, 0.3) is 11.1 Å². The fourth-order valence-electron chi connectivity index (χ4n) is 1.74. The van der Waals surface area contributed by atoms with Crippen molar-refractivity contribution in [1.29, 1.82) is 0 Å². The van der Waals surface area contributed by atoms with Crippen LogP contribution in [0.1, 0.15) is 10.4 Å². The second-order valence-electron chi connectivity index (χ2n) is 3.78. The minimum Gasteiger partial charge on any atom is -0.465 e. The molecule has 0 aliphatic carbocycles. The van der Waals surface area contributed by atoms with Crippen molar-refractivity contribution in [3.63, 3.8) is 0 Å². The lowest BCUT2D eigenvalue weighted by Crippen LogP contribution is -2.04. The Morgan fingerprint density at radius 3 is 2.58 bits per heavy atom. The Hall–Kier alpha value is -1.58. The molecule has 0 unspecified atom stereocenters. The first-order valence-electron chi connectivity index (χ1n) is 5.37. The summed E-state index contributed by atoms with van der Waals surface area (Å²) in [5.41, 5.74) is 1.06. The number of rotatable bonds is 2. The van der Waals surface area contributed by atoms with E-state index in [1.807, 2.05) is 0 Å². The molecule has 0 bridgehead atoms. The molecule has 0 spiro atoms. The Balaban J connectivity index is 2.70. The van der Waals surface area contributed by atoms with Gasteiger partial charge < -0.3 is 4.74 Å². The predicted octanol–water partition coefficient (Wildman–Crippen LogP) is 4.59. The molecule has 0 amide bonds. The van der Waals surface area contributed by atoms with Crippen LogP contribution in [0.15, 0.2) is 36.4 Å². The van der Waals surface area contributed by atoms with Crippen LogP contribution < -0.4 is 0 Å². The molecule has 2 nitrogen and oxygen atoms in total. The molecule has 0 aliphatic rings. The SMILES string of the molecule is COC(=O)c1ccc(F)cc1-c1cccc(Cl)c1Cl. The Kier molecular flexibility index (Phi) is 4.08. The van der Waals surface area contributed by atoms with E-state index >= 15 is 0 Å². The third-order valence-electron chi connectivity index (χ3n) is 2.63. The molecule has 0 aromatic heterocycles. The van der Waals surface area contributed by atoms with Crippen LogP contribution in [0.5, 0.6) is 0 Å². The van der Waals surface area contributed by atoms with E-state index in [9.17, 15) is 9.18 Å². The van der Waals surface area contributed by atoms with Crippen molar-refractivity contribution in [2.24, 2.45) is 0 Å². The number of hydrogen-bond acceptors (Lipinski definition) is 2. The van der Waals surface area contributed by atoms with Crippen LogP contribution in [0.4, 0.5) is 4.39 Å². The first-order chi connectivity index (χ1) is 9.04. The van der Waals surface area contributed by atoms with Gasteiger partial charge in [0.25, 0.3) is 0 Å². The zero-order valence-electron chi connectivity index (χ0n) is 9.91. The third kappa shape index (κ3) is 2.72. The number of carbonyl (C=O) groups excluding carboxylic acids is 1. The highest BCUT2D eigenvalue weighted by molar-refractivity contribution is 6.43. The van der Waals surface area contributed by atoms with Gasteiger partial charge in [-0.1, -0.05) is 35.3 Å². The first kappa shape index (κ1) is 13.8. The van der Waals surface area contributed by atoms with Gasteiger partial charge in [0.15, 0.2) is 0 Å². The maximum absolute atomic E-state index is 13.4. The van der Waals surface area contributed by atoms with Crippen LogP contribution in [0, 0.1) is 5.82 Å². The topological polar surface area (TPSA) is 26.3 Å². The third-order valence-corrected chi connectivity index (χ3v) is 3.45. The quantitative estimate of drug-likeness (QED) is 0.758. The van der Waals surface area contributed by atoms with Gasteiger partial charge in [-0.25, -0.2) is 9.18 Å². The summed E-state index contributed by atoms with van der Waals surface area (Å²) >= 11 is 12.0. The number of hydrogen-bond donors (Lipinski definition) is 0. The van der Waals surface area contributed by atoms with Gasteiger partial charge >= 0.3 is 5.97 Å². The molecular formula is C14H9Cl2FO2. The van der Waals surface area contributed by atoms with E-state index in [2.05, 4.69) is 4.74 Å². The molecule has 2 aromatic rings. The standard InChI is InChI=1S/C14H9Cl2FO2/c1-19-14(18)10-6-5-8(17)7-11(10)9-3-2-4-12(15)13(9)16/h2-7H,1H3. The molecule has 0 heterocycles. The molecule has 2 aromatic carbocycles. The van der Waals surface area contributed by atoms with Crippen molar-refractivity contribution in [1.82, 2.24) is 0 Å².